The van der Waals surface area contributed by atoms with Crippen molar-refractivity contribution in [2.24, 2.45) is 0 Å². The summed E-state index contributed by atoms with van der Waals surface area (Å²) in [6, 6.07) is -0.546. The molecule has 0 radical (unpaired) electrons. The summed E-state index contributed by atoms with van der Waals surface area (Å²) in [5.74, 6) is -0.0365. The summed E-state index contributed by atoms with van der Waals surface area (Å²) in [6.07, 6.45) is 59.4. The standard InChI is InChI=1S/C56H111NO5/c1-3-5-7-9-11-13-15-17-19-21-24-28-32-36-40-44-48-54(59)53(52-58)57-55(60)49-45-41-37-33-29-25-22-20-23-27-31-35-39-43-47-51-62-56(61)50-46-42-38-34-30-26-18-16-14-12-10-8-6-4-2/h53-54,58-59H,3-52H2,1-2H3,(H,57,60). The van der Waals surface area contributed by atoms with E-state index in [0.29, 0.717) is 25.9 Å². The summed E-state index contributed by atoms with van der Waals surface area (Å²) in [4.78, 5) is 24.5. The van der Waals surface area contributed by atoms with Crippen molar-refractivity contribution < 1.29 is 24.5 Å². The van der Waals surface area contributed by atoms with Gasteiger partial charge in [0.2, 0.25) is 5.91 Å². The van der Waals surface area contributed by atoms with E-state index in [0.717, 1.165) is 44.9 Å². The molecule has 0 aromatic heterocycles. The van der Waals surface area contributed by atoms with Crippen LogP contribution in [0.4, 0.5) is 0 Å². The van der Waals surface area contributed by atoms with Gasteiger partial charge in [0, 0.05) is 12.8 Å². The van der Waals surface area contributed by atoms with E-state index in [1.165, 1.54) is 244 Å². The Kier molecular flexibility index (Phi) is 51.5. The Morgan fingerprint density at radius 1 is 0.387 bits per heavy atom. The molecular formula is C56H111NO5. The first kappa shape index (κ1) is 60.9. The molecule has 0 heterocycles. The highest BCUT2D eigenvalue weighted by Gasteiger charge is 2.20. The largest absolute Gasteiger partial charge is 0.466 e. The van der Waals surface area contributed by atoms with Crippen molar-refractivity contribution in [3.63, 3.8) is 0 Å². The maximum absolute atomic E-state index is 12.5. The van der Waals surface area contributed by atoms with E-state index in [-0.39, 0.29) is 18.5 Å². The minimum atomic E-state index is -0.668. The van der Waals surface area contributed by atoms with Gasteiger partial charge in [-0.05, 0) is 25.7 Å². The lowest BCUT2D eigenvalue weighted by Crippen LogP contribution is -2.45. The van der Waals surface area contributed by atoms with Crippen molar-refractivity contribution >= 4 is 11.9 Å². The second-order valence-corrected chi connectivity index (χ2v) is 19.6. The number of rotatable bonds is 53. The monoisotopic (exact) mass is 878 g/mol. The zero-order chi connectivity index (χ0) is 45.1. The van der Waals surface area contributed by atoms with Gasteiger partial charge in [-0.25, -0.2) is 0 Å². The quantitative estimate of drug-likeness (QED) is 0.0418. The second kappa shape index (κ2) is 52.5. The maximum Gasteiger partial charge on any atom is 0.305 e. The molecular weight excluding hydrogens is 767 g/mol. The summed E-state index contributed by atoms with van der Waals surface area (Å²) < 4.78 is 5.47. The SMILES string of the molecule is CCCCCCCCCCCCCCCCCCC(O)C(CO)NC(=O)CCCCCCCCCCCCCCCCCOC(=O)CCCCCCCCCCCCCCCC. The summed E-state index contributed by atoms with van der Waals surface area (Å²) in [5.41, 5.74) is 0. The van der Waals surface area contributed by atoms with Gasteiger partial charge < -0.3 is 20.3 Å². The average Bonchev–Trinajstić information content (AvgIpc) is 3.27. The number of unbranched alkanes of at least 4 members (excludes halogenated alkanes) is 42. The molecule has 2 atom stereocenters. The van der Waals surface area contributed by atoms with Crippen LogP contribution in [0.5, 0.6) is 0 Å². The van der Waals surface area contributed by atoms with Crippen molar-refractivity contribution in [2.45, 2.75) is 334 Å². The van der Waals surface area contributed by atoms with Gasteiger partial charge in [0.1, 0.15) is 0 Å². The highest BCUT2D eigenvalue weighted by atomic mass is 16.5. The molecule has 6 heteroatoms. The fraction of sp³-hybridized carbons (Fsp3) is 0.964. The van der Waals surface area contributed by atoms with E-state index in [9.17, 15) is 19.8 Å². The van der Waals surface area contributed by atoms with Gasteiger partial charge in [-0.15, -0.1) is 0 Å². The Morgan fingerprint density at radius 3 is 0.984 bits per heavy atom. The van der Waals surface area contributed by atoms with E-state index in [1.807, 2.05) is 0 Å². The molecule has 0 aliphatic heterocycles. The Labute approximate surface area is 387 Å². The molecule has 0 spiro atoms. The number of carbonyl (C=O) groups is 2. The van der Waals surface area contributed by atoms with E-state index >= 15 is 0 Å². The molecule has 6 nitrogen and oxygen atoms in total. The molecule has 3 N–H and O–H groups in total. The minimum absolute atomic E-state index is 0.00390. The molecule has 0 aromatic rings. The molecule has 0 fully saturated rings. The van der Waals surface area contributed by atoms with Gasteiger partial charge in [-0.2, -0.15) is 0 Å². The van der Waals surface area contributed by atoms with Gasteiger partial charge in [0.05, 0.1) is 25.4 Å². The van der Waals surface area contributed by atoms with Crippen LogP contribution in [-0.2, 0) is 14.3 Å². The molecule has 0 aromatic carbocycles. The molecule has 370 valence electrons. The van der Waals surface area contributed by atoms with Crippen LogP contribution < -0.4 is 5.32 Å². The summed E-state index contributed by atoms with van der Waals surface area (Å²) in [6.45, 7) is 4.96. The highest BCUT2D eigenvalue weighted by molar-refractivity contribution is 5.76. The van der Waals surface area contributed by atoms with Gasteiger partial charge in [-0.1, -0.05) is 284 Å². The predicted octanol–water partition coefficient (Wildman–Crippen LogP) is 17.1. The van der Waals surface area contributed by atoms with Gasteiger partial charge >= 0.3 is 5.97 Å². The van der Waals surface area contributed by atoms with Crippen LogP contribution in [0.1, 0.15) is 322 Å². The van der Waals surface area contributed by atoms with Crippen molar-refractivity contribution in [3.8, 4) is 0 Å². The van der Waals surface area contributed by atoms with Crippen LogP contribution in [0.3, 0.4) is 0 Å². The molecule has 1 amide bonds. The van der Waals surface area contributed by atoms with Gasteiger partial charge in [-0.3, -0.25) is 9.59 Å². The zero-order valence-corrected chi connectivity index (χ0v) is 42.1. The van der Waals surface area contributed by atoms with Gasteiger partial charge in [0.15, 0.2) is 0 Å². The van der Waals surface area contributed by atoms with E-state index in [4.69, 9.17) is 4.74 Å². The smallest absolute Gasteiger partial charge is 0.305 e. The van der Waals surface area contributed by atoms with Crippen molar-refractivity contribution in [2.75, 3.05) is 13.2 Å². The number of hydrogen-bond donors (Lipinski definition) is 3. The first-order valence-corrected chi connectivity index (χ1v) is 28.3. The van der Waals surface area contributed by atoms with Gasteiger partial charge in [0.25, 0.3) is 0 Å². The van der Waals surface area contributed by atoms with Crippen molar-refractivity contribution in [3.05, 3.63) is 0 Å². The lowest BCUT2D eigenvalue weighted by Gasteiger charge is -2.22. The molecule has 0 rings (SSSR count). The second-order valence-electron chi connectivity index (χ2n) is 19.6. The van der Waals surface area contributed by atoms with E-state index in [1.54, 1.807) is 0 Å². The number of ether oxygens (including phenoxy) is 1. The number of nitrogens with one attached hydrogen (secondary N) is 1. The third-order valence-corrected chi connectivity index (χ3v) is 13.4. The summed E-state index contributed by atoms with van der Waals surface area (Å²) in [5, 5.41) is 23.3. The summed E-state index contributed by atoms with van der Waals surface area (Å²) >= 11 is 0. The lowest BCUT2D eigenvalue weighted by atomic mass is 10.0. The van der Waals surface area contributed by atoms with Crippen LogP contribution in [0.15, 0.2) is 0 Å². The number of amides is 1. The van der Waals surface area contributed by atoms with E-state index < -0.39 is 12.1 Å². The third kappa shape index (κ3) is 48.3. The zero-order valence-electron chi connectivity index (χ0n) is 42.1. The molecule has 0 bridgehead atoms. The number of carbonyl (C=O) groups excluding carboxylic acids is 2. The fourth-order valence-electron chi connectivity index (χ4n) is 9.05. The van der Waals surface area contributed by atoms with Crippen LogP contribution in [0.2, 0.25) is 0 Å². The fourth-order valence-corrected chi connectivity index (χ4v) is 9.05. The van der Waals surface area contributed by atoms with Crippen molar-refractivity contribution in [1.82, 2.24) is 5.32 Å². The Balaban J connectivity index is 3.41. The molecule has 2 unspecified atom stereocenters. The molecule has 62 heavy (non-hydrogen) atoms. The first-order valence-electron chi connectivity index (χ1n) is 28.3. The minimum Gasteiger partial charge on any atom is -0.466 e. The van der Waals surface area contributed by atoms with Crippen LogP contribution in [-0.4, -0.2) is 47.4 Å². The molecule has 0 aliphatic rings. The Hall–Kier alpha value is -1.14. The number of hydrogen-bond acceptors (Lipinski definition) is 5. The predicted molar refractivity (Wildman–Crippen MR) is 269 cm³/mol. The highest BCUT2D eigenvalue weighted by Crippen LogP contribution is 2.18. The van der Waals surface area contributed by atoms with Crippen molar-refractivity contribution in [1.29, 1.82) is 0 Å². The molecule has 0 saturated carbocycles. The first-order chi connectivity index (χ1) is 30.5. The van der Waals surface area contributed by atoms with Crippen LogP contribution in [0, 0.1) is 0 Å². The topological polar surface area (TPSA) is 95.9 Å². The molecule has 0 saturated heterocycles. The van der Waals surface area contributed by atoms with E-state index in [2.05, 4.69) is 19.2 Å². The lowest BCUT2D eigenvalue weighted by molar-refractivity contribution is -0.143. The normalized spacial score (nSPS) is 12.5. The van der Waals surface area contributed by atoms with Crippen LogP contribution >= 0.6 is 0 Å². The number of esters is 1. The summed E-state index contributed by atoms with van der Waals surface area (Å²) in [7, 11) is 0. The Bertz CT molecular complexity index is 882. The van der Waals surface area contributed by atoms with Crippen LogP contribution in [0.25, 0.3) is 0 Å². The number of aliphatic hydroxyl groups excluding tert-OH is 2. The average molecular weight is 879 g/mol. The molecule has 0 aliphatic carbocycles. The Morgan fingerprint density at radius 2 is 0.661 bits per heavy atom. The maximum atomic E-state index is 12.5. The number of aliphatic hydroxyl groups is 2. The third-order valence-electron chi connectivity index (χ3n) is 13.4.